The fourth-order valence-electron chi connectivity index (χ4n) is 1.95. The summed E-state index contributed by atoms with van der Waals surface area (Å²) in [6.07, 6.45) is 1.47. The van der Waals surface area contributed by atoms with Gasteiger partial charge in [0.1, 0.15) is 0 Å². The van der Waals surface area contributed by atoms with Crippen molar-refractivity contribution in [3.8, 4) is 0 Å². The van der Waals surface area contributed by atoms with Crippen LogP contribution in [-0.4, -0.2) is 76.3 Å². The van der Waals surface area contributed by atoms with E-state index in [9.17, 15) is 4.79 Å². The summed E-state index contributed by atoms with van der Waals surface area (Å²) in [6, 6.07) is 0.179. The Morgan fingerprint density at radius 1 is 1.26 bits per heavy atom. The Bertz CT molecular complexity index is 334. The van der Waals surface area contributed by atoms with E-state index in [4.69, 9.17) is 4.74 Å². The molecule has 7 heteroatoms. The van der Waals surface area contributed by atoms with Crippen LogP contribution in [-0.2, 0) is 9.53 Å². The van der Waals surface area contributed by atoms with Gasteiger partial charge in [0.2, 0.25) is 5.91 Å². The number of guanidine groups is 1. The van der Waals surface area contributed by atoms with Crippen LogP contribution in [0.5, 0.6) is 0 Å². The Labute approximate surface area is 141 Å². The molecule has 0 bridgehead atoms. The fourth-order valence-corrected chi connectivity index (χ4v) is 1.95. The van der Waals surface area contributed by atoms with Gasteiger partial charge in [0.25, 0.3) is 0 Å². The van der Waals surface area contributed by atoms with Gasteiger partial charge >= 0.3 is 0 Å². The molecule has 0 saturated carbocycles. The molecule has 0 heterocycles. The summed E-state index contributed by atoms with van der Waals surface area (Å²) in [5.74, 6) is 0.816. The molecule has 0 aliphatic rings. The molecule has 0 atom stereocenters. The molecule has 1 amide bonds. The zero-order valence-electron chi connectivity index (χ0n) is 15.4. The second-order valence-electron chi connectivity index (χ2n) is 5.81. The van der Waals surface area contributed by atoms with Crippen molar-refractivity contribution in [1.29, 1.82) is 0 Å². The van der Waals surface area contributed by atoms with Crippen LogP contribution in [0.3, 0.4) is 0 Å². The molecule has 7 nitrogen and oxygen atoms in total. The Kier molecular flexibility index (Phi) is 13.4. The van der Waals surface area contributed by atoms with E-state index in [-0.39, 0.29) is 11.9 Å². The highest BCUT2D eigenvalue weighted by Crippen LogP contribution is 1.89. The first-order valence-electron chi connectivity index (χ1n) is 8.48. The smallest absolute Gasteiger partial charge is 0.221 e. The number of rotatable bonds is 12. The third kappa shape index (κ3) is 14.0. The summed E-state index contributed by atoms with van der Waals surface area (Å²) in [7, 11) is 3.81. The number of methoxy groups -OCH3 is 1. The van der Waals surface area contributed by atoms with Crippen LogP contribution >= 0.6 is 0 Å². The fraction of sp³-hybridized carbons (Fsp3) is 0.875. The van der Waals surface area contributed by atoms with E-state index in [1.165, 1.54) is 0 Å². The molecule has 0 aliphatic carbocycles. The summed E-state index contributed by atoms with van der Waals surface area (Å²) in [5.41, 5.74) is 0. The Morgan fingerprint density at radius 2 is 2.00 bits per heavy atom. The van der Waals surface area contributed by atoms with Crippen molar-refractivity contribution in [2.75, 3.05) is 53.5 Å². The third-order valence-electron chi connectivity index (χ3n) is 3.08. The van der Waals surface area contributed by atoms with Gasteiger partial charge in [0, 0.05) is 52.4 Å². The molecule has 0 aromatic heterocycles. The molecule has 0 unspecified atom stereocenters. The SMILES string of the molecule is CCNC(=NCCN(C)CCCOC)NCCC(=O)NC(C)C. The maximum atomic E-state index is 11.6. The van der Waals surface area contributed by atoms with Gasteiger partial charge in [-0.05, 0) is 34.2 Å². The zero-order valence-corrected chi connectivity index (χ0v) is 15.4. The molecule has 136 valence electrons. The summed E-state index contributed by atoms with van der Waals surface area (Å²) < 4.78 is 5.05. The minimum atomic E-state index is 0.0567. The van der Waals surface area contributed by atoms with E-state index in [1.807, 2.05) is 20.8 Å². The molecular formula is C16H35N5O2. The molecule has 23 heavy (non-hydrogen) atoms. The van der Waals surface area contributed by atoms with Crippen molar-refractivity contribution >= 4 is 11.9 Å². The quantitative estimate of drug-likeness (QED) is 0.275. The van der Waals surface area contributed by atoms with Gasteiger partial charge in [-0.3, -0.25) is 9.79 Å². The van der Waals surface area contributed by atoms with Crippen LogP contribution in [0.1, 0.15) is 33.6 Å². The lowest BCUT2D eigenvalue weighted by atomic mass is 10.3. The number of hydrogen-bond donors (Lipinski definition) is 3. The standard InChI is InChI=1S/C16H35N5O2/c1-6-17-16(18-9-8-15(22)20-14(2)3)19-10-12-21(4)11-7-13-23-5/h14H,6-13H2,1-5H3,(H,20,22)(H2,17,18,19). The average molecular weight is 329 g/mol. The molecule has 0 aliphatic heterocycles. The molecule has 3 N–H and O–H groups in total. The number of aliphatic imine (C=N–C) groups is 1. The van der Waals surface area contributed by atoms with Crippen molar-refractivity contribution < 1.29 is 9.53 Å². The Morgan fingerprint density at radius 3 is 2.61 bits per heavy atom. The van der Waals surface area contributed by atoms with Crippen LogP contribution in [0.4, 0.5) is 0 Å². The molecule has 0 fully saturated rings. The predicted octanol–water partition coefficient (Wildman–Crippen LogP) is 0.425. The number of nitrogens with zero attached hydrogens (tertiary/aromatic N) is 2. The van der Waals surface area contributed by atoms with Crippen molar-refractivity contribution in [3.05, 3.63) is 0 Å². The normalized spacial score (nSPS) is 11.9. The maximum absolute atomic E-state index is 11.6. The molecular weight excluding hydrogens is 294 g/mol. The van der Waals surface area contributed by atoms with Gasteiger partial charge in [-0.25, -0.2) is 0 Å². The van der Waals surface area contributed by atoms with Gasteiger partial charge in [-0.15, -0.1) is 0 Å². The van der Waals surface area contributed by atoms with E-state index in [0.717, 1.165) is 45.2 Å². The number of hydrogen-bond acceptors (Lipinski definition) is 4. The second kappa shape index (κ2) is 14.3. The minimum Gasteiger partial charge on any atom is -0.385 e. The molecule has 0 aromatic rings. The van der Waals surface area contributed by atoms with Crippen molar-refractivity contribution in [2.24, 2.45) is 4.99 Å². The first-order valence-corrected chi connectivity index (χ1v) is 8.48. The second-order valence-corrected chi connectivity index (χ2v) is 5.81. The predicted molar refractivity (Wildman–Crippen MR) is 95.9 cm³/mol. The van der Waals surface area contributed by atoms with Crippen molar-refractivity contribution in [3.63, 3.8) is 0 Å². The number of carbonyl (C=O) groups is 1. The molecule has 0 saturated heterocycles. The van der Waals surface area contributed by atoms with E-state index in [0.29, 0.717) is 13.0 Å². The molecule has 0 aromatic carbocycles. The minimum absolute atomic E-state index is 0.0567. The summed E-state index contributed by atoms with van der Waals surface area (Å²) in [6.45, 7) is 10.7. The zero-order chi connectivity index (χ0) is 17.5. The van der Waals surface area contributed by atoms with Crippen LogP contribution in [0.25, 0.3) is 0 Å². The molecule has 0 rings (SSSR count). The van der Waals surface area contributed by atoms with Crippen molar-refractivity contribution in [2.45, 2.75) is 39.7 Å². The lowest BCUT2D eigenvalue weighted by Gasteiger charge is -2.16. The van der Waals surface area contributed by atoms with E-state index >= 15 is 0 Å². The summed E-state index contributed by atoms with van der Waals surface area (Å²) in [5, 5.41) is 9.26. The van der Waals surface area contributed by atoms with Crippen LogP contribution in [0.2, 0.25) is 0 Å². The van der Waals surface area contributed by atoms with E-state index in [1.54, 1.807) is 7.11 Å². The summed E-state index contributed by atoms with van der Waals surface area (Å²) >= 11 is 0. The van der Waals surface area contributed by atoms with Crippen LogP contribution in [0.15, 0.2) is 4.99 Å². The lowest BCUT2D eigenvalue weighted by molar-refractivity contribution is -0.121. The van der Waals surface area contributed by atoms with Gasteiger partial charge in [0.05, 0.1) is 6.54 Å². The Balaban J connectivity index is 4.01. The number of nitrogens with one attached hydrogen (secondary N) is 3. The monoisotopic (exact) mass is 329 g/mol. The lowest BCUT2D eigenvalue weighted by Crippen LogP contribution is -2.40. The molecule has 0 spiro atoms. The number of ether oxygens (including phenoxy) is 1. The third-order valence-corrected chi connectivity index (χ3v) is 3.08. The summed E-state index contributed by atoms with van der Waals surface area (Å²) in [4.78, 5) is 18.4. The van der Waals surface area contributed by atoms with Crippen LogP contribution in [0, 0.1) is 0 Å². The maximum Gasteiger partial charge on any atom is 0.221 e. The Hall–Kier alpha value is -1.34. The highest BCUT2D eigenvalue weighted by molar-refractivity contribution is 5.81. The van der Waals surface area contributed by atoms with E-state index in [2.05, 4.69) is 32.9 Å². The highest BCUT2D eigenvalue weighted by Gasteiger charge is 2.04. The number of amides is 1. The van der Waals surface area contributed by atoms with Gasteiger partial charge in [-0.2, -0.15) is 0 Å². The molecule has 0 radical (unpaired) electrons. The number of carbonyl (C=O) groups excluding carboxylic acids is 1. The van der Waals surface area contributed by atoms with Crippen LogP contribution < -0.4 is 16.0 Å². The number of likely N-dealkylation sites (N-methyl/N-ethyl adjacent to an activating group) is 1. The van der Waals surface area contributed by atoms with Crippen molar-refractivity contribution in [1.82, 2.24) is 20.9 Å². The topological polar surface area (TPSA) is 78.0 Å². The van der Waals surface area contributed by atoms with Gasteiger partial charge < -0.3 is 25.6 Å². The van der Waals surface area contributed by atoms with E-state index < -0.39 is 0 Å². The first kappa shape index (κ1) is 21.7. The van der Waals surface area contributed by atoms with Gasteiger partial charge in [0.15, 0.2) is 5.96 Å². The van der Waals surface area contributed by atoms with Gasteiger partial charge in [-0.1, -0.05) is 0 Å². The highest BCUT2D eigenvalue weighted by atomic mass is 16.5. The average Bonchev–Trinajstić information content (AvgIpc) is 2.46. The first-order chi connectivity index (χ1) is 11.0. The largest absolute Gasteiger partial charge is 0.385 e.